The predicted molar refractivity (Wildman–Crippen MR) is 78.8 cm³/mol. The van der Waals surface area contributed by atoms with Crippen LogP contribution in [-0.2, 0) is 10.0 Å². The van der Waals surface area contributed by atoms with Gasteiger partial charge in [-0.1, -0.05) is 12.1 Å². The van der Waals surface area contributed by atoms with E-state index in [1.54, 1.807) is 35.5 Å². The molecule has 0 radical (unpaired) electrons. The smallest absolute Gasteiger partial charge is 0.243 e. The third-order valence-corrected chi connectivity index (χ3v) is 5.70. The van der Waals surface area contributed by atoms with Crippen LogP contribution in [0.4, 0.5) is 0 Å². The lowest BCUT2D eigenvalue weighted by Gasteiger charge is -2.26. The third-order valence-electron chi connectivity index (χ3n) is 3.66. The quantitative estimate of drug-likeness (QED) is 0.878. The van der Waals surface area contributed by atoms with Gasteiger partial charge in [-0.3, -0.25) is 0 Å². The van der Waals surface area contributed by atoms with Crippen LogP contribution in [0, 0.1) is 5.92 Å². The van der Waals surface area contributed by atoms with Crippen LogP contribution in [0.1, 0.15) is 45.3 Å². The Balaban J connectivity index is 2.33. The first kappa shape index (κ1) is 15.5. The van der Waals surface area contributed by atoms with Crippen molar-refractivity contribution in [2.24, 2.45) is 5.92 Å². The van der Waals surface area contributed by atoms with Crippen LogP contribution in [0.15, 0.2) is 29.2 Å². The molecule has 1 unspecified atom stereocenters. The molecule has 0 aromatic heterocycles. The highest BCUT2D eigenvalue weighted by Crippen LogP contribution is 2.32. The van der Waals surface area contributed by atoms with Gasteiger partial charge in [0.25, 0.3) is 0 Å². The van der Waals surface area contributed by atoms with Gasteiger partial charge in [-0.25, -0.2) is 8.42 Å². The number of aliphatic hydroxyl groups excluding tert-OH is 1. The van der Waals surface area contributed by atoms with Crippen LogP contribution in [0.5, 0.6) is 0 Å². The van der Waals surface area contributed by atoms with Gasteiger partial charge < -0.3 is 5.11 Å². The lowest BCUT2D eigenvalue weighted by Crippen LogP contribution is -2.38. The summed E-state index contributed by atoms with van der Waals surface area (Å²) < 4.78 is 27.1. The van der Waals surface area contributed by atoms with Crippen molar-refractivity contribution in [2.45, 2.75) is 50.7 Å². The minimum atomic E-state index is -3.49. The molecule has 20 heavy (non-hydrogen) atoms. The molecule has 0 saturated heterocycles. The van der Waals surface area contributed by atoms with Crippen LogP contribution in [0.2, 0.25) is 0 Å². The van der Waals surface area contributed by atoms with Crippen molar-refractivity contribution in [3.8, 4) is 0 Å². The van der Waals surface area contributed by atoms with Crippen molar-refractivity contribution in [1.29, 1.82) is 0 Å². The summed E-state index contributed by atoms with van der Waals surface area (Å²) in [7, 11) is -3.49. The van der Waals surface area contributed by atoms with E-state index in [0.29, 0.717) is 18.0 Å². The van der Waals surface area contributed by atoms with Crippen molar-refractivity contribution in [2.75, 3.05) is 6.54 Å². The first-order chi connectivity index (χ1) is 9.32. The Kier molecular flexibility index (Phi) is 4.52. The fourth-order valence-electron chi connectivity index (χ4n) is 2.21. The van der Waals surface area contributed by atoms with E-state index >= 15 is 0 Å². The Morgan fingerprint density at radius 2 is 1.95 bits per heavy atom. The Labute approximate surface area is 121 Å². The van der Waals surface area contributed by atoms with E-state index in [9.17, 15) is 13.5 Å². The molecule has 1 saturated carbocycles. The van der Waals surface area contributed by atoms with Crippen molar-refractivity contribution in [1.82, 2.24) is 4.31 Å². The molecule has 0 bridgehead atoms. The van der Waals surface area contributed by atoms with Gasteiger partial charge in [-0.2, -0.15) is 4.31 Å². The van der Waals surface area contributed by atoms with Gasteiger partial charge in [-0.05, 0) is 57.2 Å². The SMILES string of the molecule is CC(O)c1cccc(S(=O)(=O)N(CC2CC2)C(C)C)c1. The van der Waals surface area contributed by atoms with E-state index in [1.165, 1.54) is 0 Å². The molecule has 1 aliphatic rings. The average Bonchev–Trinajstić information content (AvgIpc) is 3.19. The number of nitrogens with zero attached hydrogens (tertiary/aromatic N) is 1. The number of hydrogen-bond donors (Lipinski definition) is 1. The van der Waals surface area contributed by atoms with Crippen molar-refractivity contribution in [3.63, 3.8) is 0 Å². The maximum atomic E-state index is 12.8. The molecule has 112 valence electrons. The van der Waals surface area contributed by atoms with Crippen LogP contribution in [-0.4, -0.2) is 30.4 Å². The fourth-order valence-corrected chi connectivity index (χ4v) is 3.98. The third kappa shape index (κ3) is 3.40. The number of benzene rings is 1. The van der Waals surface area contributed by atoms with Gasteiger partial charge in [0.15, 0.2) is 0 Å². The molecule has 1 aromatic rings. The Morgan fingerprint density at radius 3 is 2.45 bits per heavy atom. The Bertz CT molecular complexity index is 562. The number of rotatable bonds is 6. The highest BCUT2D eigenvalue weighted by atomic mass is 32.2. The molecular formula is C15H23NO3S. The molecule has 0 spiro atoms. The van der Waals surface area contributed by atoms with Crippen LogP contribution < -0.4 is 0 Å². The Hall–Kier alpha value is -0.910. The molecule has 1 atom stereocenters. The summed E-state index contributed by atoms with van der Waals surface area (Å²) in [6.45, 7) is 6.03. The molecular weight excluding hydrogens is 274 g/mol. The van der Waals surface area contributed by atoms with Gasteiger partial charge in [0.05, 0.1) is 11.0 Å². The lowest BCUT2D eigenvalue weighted by molar-refractivity contribution is 0.199. The molecule has 0 aliphatic heterocycles. The molecule has 2 rings (SSSR count). The largest absolute Gasteiger partial charge is 0.389 e. The monoisotopic (exact) mass is 297 g/mol. The Morgan fingerprint density at radius 1 is 1.30 bits per heavy atom. The van der Waals surface area contributed by atoms with Gasteiger partial charge in [0, 0.05) is 12.6 Å². The number of aliphatic hydroxyl groups is 1. The minimum Gasteiger partial charge on any atom is -0.389 e. The first-order valence-electron chi connectivity index (χ1n) is 7.12. The second-order valence-electron chi connectivity index (χ2n) is 5.86. The lowest BCUT2D eigenvalue weighted by atomic mass is 10.1. The maximum Gasteiger partial charge on any atom is 0.243 e. The average molecular weight is 297 g/mol. The zero-order valence-electron chi connectivity index (χ0n) is 12.3. The summed E-state index contributed by atoms with van der Waals surface area (Å²) in [5.74, 6) is 0.507. The van der Waals surface area contributed by atoms with Crippen LogP contribution in [0.25, 0.3) is 0 Å². The van der Waals surface area contributed by atoms with Gasteiger partial charge in [0.1, 0.15) is 0 Å². The van der Waals surface area contributed by atoms with Gasteiger partial charge >= 0.3 is 0 Å². The first-order valence-corrected chi connectivity index (χ1v) is 8.56. The molecule has 0 amide bonds. The second kappa shape index (κ2) is 5.84. The van der Waals surface area contributed by atoms with Crippen molar-refractivity contribution in [3.05, 3.63) is 29.8 Å². The summed E-state index contributed by atoms with van der Waals surface area (Å²) >= 11 is 0. The summed E-state index contributed by atoms with van der Waals surface area (Å²) in [5.41, 5.74) is 0.626. The normalized spacial score (nSPS) is 17.7. The van der Waals surface area contributed by atoms with E-state index in [0.717, 1.165) is 12.8 Å². The molecule has 1 aromatic carbocycles. The highest BCUT2D eigenvalue weighted by Gasteiger charge is 2.33. The second-order valence-corrected chi connectivity index (χ2v) is 7.75. The molecule has 1 aliphatic carbocycles. The molecule has 1 fully saturated rings. The molecule has 0 heterocycles. The van der Waals surface area contributed by atoms with Crippen molar-refractivity contribution >= 4 is 10.0 Å². The van der Waals surface area contributed by atoms with E-state index in [4.69, 9.17) is 0 Å². The van der Waals surface area contributed by atoms with Crippen LogP contribution in [0.3, 0.4) is 0 Å². The van der Waals surface area contributed by atoms with Crippen molar-refractivity contribution < 1.29 is 13.5 Å². The minimum absolute atomic E-state index is 0.0594. The van der Waals surface area contributed by atoms with E-state index in [2.05, 4.69) is 0 Å². The molecule has 1 N–H and O–H groups in total. The number of hydrogen-bond acceptors (Lipinski definition) is 3. The summed E-state index contributed by atoms with van der Waals surface area (Å²) in [6, 6.07) is 6.54. The summed E-state index contributed by atoms with van der Waals surface area (Å²) in [4.78, 5) is 0.269. The van der Waals surface area contributed by atoms with Gasteiger partial charge in [0.2, 0.25) is 10.0 Å². The van der Waals surface area contributed by atoms with E-state index in [1.807, 2.05) is 13.8 Å². The highest BCUT2D eigenvalue weighted by molar-refractivity contribution is 7.89. The molecule has 4 nitrogen and oxygen atoms in total. The number of sulfonamides is 1. The summed E-state index contributed by atoms with van der Waals surface area (Å²) in [6.07, 6.45) is 1.57. The predicted octanol–water partition coefficient (Wildman–Crippen LogP) is 2.55. The maximum absolute atomic E-state index is 12.8. The molecule has 5 heteroatoms. The fraction of sp³-hybridized carbons (Fsp3) is 0.600. The zero-order valence-corrected chi connectivity index (χ0v) is 13.1. The van der Waals surface area contributed by atoms with Gasteiger partial charge in [-0.15, -0.1) is 0 Å². The standard InChI is InChI=1S/C15H23NO3S/c1-11(2)16(10-13-7-8-13)20(18,19)15-6-4-5-14(9-15)12(3)17/h4-6,9,11-13,17H,7-8,10H2,1-3H3. The topological polar surface area (TPSA) is 57.6 Å². The summed E-state index contributed by atoms with van der Waals surface area (Å²) in [5, 5.41) is 9.61. The van der Waals surface area contributed by atoms with E-state index < -0.39 is 16.1 Å². The van der Waals surface area contributed by atoms with E-state index in [-0.39, 0.29) is 10.9 Å². The van der Waals surface area contributed by atoms with Crippen LogP contribution >= 0.6 is 0 Å². The zero-order chi connectivity index (χ0) is 14.9.